The summed E-state index contributed by atoms with van der Waals surface area (Å²) in [5.74, 6) is -0.296. The zero-order valence-electron chi connectivity index (χ0n) is 12.9. The summed E-state index contributed by atoms with van der Waals surface area (Å²) >= 11 is 7.96. The molecule has 25 heavy (non-hydrogen) atoms. The number of para-hydroxylation sites is 1. The zero-order valence-corrected chi connectivity index (χ0v) is 14.5. The molecular weight excluding hydrogens is 354 g/mol. The fourth-order valence-corrected chi connectivity index (χ4v) is 3.62. The molecule has 0 radical (unpaired) electrons. The highest BCUT2D eigenvalue weighted by Crippen LogP contribution is 2.33. The summed E-state index contributed by atoms with van der Waals surface area (Å²) in [4.78, 5) is 20.9. The van der Waals surface area contributed by atoms with Gasteiger partial charge >= 0.3 is 0 Å². The third kappa shape index (κ3) is 3.24. The van der Waals surface area contributed by atoms with E-state index in [-0.39, 0.29) is 5.91 Å². The molecule has 122 valence electrons. The minimum absolute atomic E-state index is 0.296. The molecule has 2 aromatic heterocycles. The van der Waals surface area contributed by atoms with Crippen LogP contribution < -0.4 is 5.32 Å². The van der Waals surface area contributed by atoms with Gasteiger partial charge < -0.3 is 5.32 Å². The number of hydrogen-bond donors (Lipinski definition) is 1. The van der Waals surface area contributed by atoms with Gasteiger partial charge in [0.1, 0.15) is 10.7 Å². The van der Waals surface area contributed by atoms with Crippen LogP contribution in [-0.2, 0) is 0 Å². The van der Waals surface area contributed by atoms with E-state index in [9.17, 15) is 4.79 Å². The normalized spacial score (nSPS) is 10.8. The summed E-state index contributed by atoms with van der Waals surface area (Å²) in [5, 5.41) is 4.13. The second-order valence-electron chi connectivity index (χ2n) is 5.35. The number of nitrogens with zero attached hydrogens (tertiary/aromatic N) is 2. The molecule has 4 aromatic rings. The van der Waals surface area contributed by atoms with Crippen molar-refractivity contribution in [3.8, 4) is 10.6 Å². The molecule has 0 bridgehead atoms. The fraction of sp³-hybridized carbons (Fsp3) is 0. The van der Waals surface area contributed by atoms with Gasteiger partial charge in [-0.25, -0.2) is 4.98 Å². The van der Waals surface area contributed by atoms with Gasteiger partial charge in [0.2, 0.25) is 0 Å². The number of anilines is 1. The van der Waals surface area contributed by atoms with Crippen molar-refractivity contribution >= 4 is 44.7 Å². The number of halogens is 1. The van der Waals surface area contributed by atoms with Crippen molar-refractivity contribution in [2.75, 3.05) is 5.32 Å². The number of fused-ring (bicyclic) bond motifs is 1. The molecule has 1 N–H and O–H groups in total. The number of carbonyl (C=O) groups excluding carboxylic acids is 1. The van der Waals surface area contributed by atoms with Gasteiger partial charge in [-0.15, -0.1) is 11.3 Å². The Morgan fingerprint density at radius 1 is 1.04 bits per heavy atom. The van der Waals surface area contributed by atoms with Gasteiger partial charge in [-0.05, 0) is 42.5 Å². The number of nitrogens with one attached hydrogen (secondary N) is 1. The Hall–Kier alpha value is -2.76. The van der Waals surface area contributed by atoms with Crippen LogP contribution in [0.5, 0.6) is 0 Å². The van der Waals surface area contributed by atoms with Gasteiger partial charge in [0, 0.05) is 11.8 Å². The molecule has 0 fully saturated rings. The van der Waals surface area contributed by atoms with Crippen molar-refractivity contribution in [1.82, 2.24) is 9.97 Å². The van der Waals surface area contributed by atoms with Crippen LogP contribution in [0.4, 0.5) is 5.69 Å². The highest BCUT2D eigenvalue weighted by Gasteiger charge is 2.12. The van der Waals surface area contributed by atoms with Crippen LogP contribution in [0.15, 0.2) is 66.9 Å². The highest BCUT2D eigenvalue weighted by molar-refractivity contribution is 7.21. The molecule has 0 unspecified atom stereocenters. The molecule has 0 saturated heterocycles. The molecule has 4 rings (SSSR count). The molecule has 0 aliphatic heterocycles. The van der Waals surface area contributed by atoms with Crippen LogP contribution in [0.3, 0.4) is 0 Å². The van der Waals surface area contributed by atoms with Gasteiger partial charge in [-0.2, -0.15) is 0 Å². The Kier molecular flexibility index (Phi) is 4.17. The Morgan fingerprint density at radius 3 is 2.64 bits per heavy atom. The number of carbonyl (C=O) groups is 1. The lowest BCUT2D eigenvalue weighted by Crippen LogP contribution is -2.13. The first-order valence-electron chi connectivity index (χ1n) is 7.58. The first kappa shape index (κ1) is 15.7. The van der Waals surface area contributed by atoms with Crippen LogP contribution in [0.2, 0.25) is 5.02 Å². The lowest BCUT2D eigenvalue weighted by atomic mass is 10.2. The molecule has 0 aliphatic rings. The molecule has 0 atom stereocenters. The van der Waals surface area contributed by atoms with Crippen LogP contribution in [-0.4, -0.2) is 15.9 Å². The maximum absolute atomic E-state index is 12.2. The Morgan fingerprint density at radius 2 is 1.88 bits per heavy atom. The van der Waals surface area contributed by atoms with E-state index in [1.165, 1.54) is 0 Å². The molecule has 0 aliphatic carbocycles. The topological polar surface area (TPSA) is 54.9 Å². The van der Waals surface area contributed by atoms with E-state index in [1.807, 2.05) is 36.4 Å². The third-order valence-electron chi connectivity index (χ3n) is 3.66. The summed E-state index contributed by atoms with van der Waals surface area (Å²) in [6, 6.07) is 18.7. The van der Waals surface area contributed by atoms with Crippen LogP contribution in [0, 0.1) is 0 Å². The van der Waals surface area contributed by atoms with Crippen LogP contribution in [0.25, 0.3) is 20.8 Å². The highest BCUT2D eigenvalue weighted by atomic mass is 35.5. The Bertz CT molecular complexity index is 1030. The summed E-state index contributed by atoms with van der Waals surface area (Å²) in [7, 11) is 0. The lowest BCUT2D eigenvalue weighted by Gasteiger charge is -2.08. The maximum Gasteiger partial charge on any atom is 0.274 e. The minimum atomic E-state index is -0.296. The largest absolute Gasteiger partial charge is 0.319 e. The van der Waals surface area contributed by atoms with Gasteiger partial charge in [0.15, 0.2) is 0 Å². The van der Waals surface area contributed by atoms with E-state index in [2.05, 4.69) is 15.3 Å². The third-order valence-corrected chi connectivity index (χ3v) is 5.05. The number of rotatable bonds is 3. The second-order valence-corrected chi connectivity index (χ2v) is 6.79. The average Bonchev–Trinajstić information content (AvgIpc) is 3.08. The molecule has 4 nitrogen and oxygen atoms in total. The Labute approximate surface area is 153 Å². The summed E-state index contributed by atoms with van der Waals surface area (Å²) in [6.07, 6.45) is 1.58. The predicted molar refractivity (Wildman–Crippen MR) is 102 cm³/mol. The van der Waals surface area contributed by atoms with Gasteiger partial charge in [-0.3, -0.25) is 9.78 Å². The van der Waals surface area contributed by atoms with Gasteiger partial charge in [0.05, 0.1) is 20.9 Å². The molecule has 0 saturated carbocycles. The number of aromatic nitrogens is 2. The van der Waals surface area contributed by atoms with E-state index in [0.717, 1.165) is 20.8 Å². The minimum Gasteiger partial charge on any atom is -0.319 e. The van der Waals surface area contributed by atoms with E-state index in [0.29, 0.717) is 16.4 Å². The molecule has 0 spiro atoms. The molecule has 2 heterocycles. The maximum atomic E-state index is 12.2. The van der Waals surface area contributed by atoms with Crippen molar-refractivity contribution in [2.45, 2.75) is 0 Å². The van der Waals surface area contributed by atoms with Gasteiger partial charge in [-0.1, -0.05) is 29.8 Å². The van der Waals surface area contributed by atoms with Crippen LogP contribution in [0.1, 0.15) is 10.5 Å². The van der Waals surface area contributed by atoms with E-state index < -0.39 is 0 Å². The molecule has 6 heteroatoms. The predicted octanol–water partition coefficient (Wildman–Crippen LogP) is 5.26. The number of thiazole rings is 1. The zero-order chi connectivity index (χ0) is 17.2. The standard InChI is InChI=1S/C19H12ClN3OS/c20-13-11-12(19-23-15-5-1-2-7-17(15)25-19)8-9-14(13)22-18(24)16-6-3-4-10-21-16/h1-11H,(H,22,24). The smallest absolute Gasteiger partial charge is 0.274 e. The van der Waals surface area contributed by atoms with Gasteiger partial charge in [0.25, 0.3) is 5.91 Å². The van der Waals surface area contributed by atoms with E-state index in [1.54, 1.807) is 41.8 Å². The Balaban J connectivity index is 1.61. The van der Waals surface area contributed by atoms with Crippen molar-refractivity contribution in [3.05, 3.63) is 77.6 Å². The van der Waals surface area contributed by atoms with Crippen molar-refractivity contribution in [1.29, 1.82) is 0 Å². The first-order chi connectivity index (χ1) is 12.2. The monoisotopic (exact) mass is 365 g/mol. The summed E-state index contributed by atoms with van der Waals surface area (Å²) < 4.78 is 1.13. The van der Waals surface area contributed by atoms with Crippen molar-refractivity contribution < 1.29 is 4.79 Å². The fourth-order valence-electron chi connectivity index (χ4n) is 2.43. The summed E-state index contributed by atoms with van der Waals surface area (Å²) in [5.41, 5.74) is 2.77. The SMILES string of the molecule is O=C(Nc1ccc(-c2nc3ccccc3s2)cc1Cl)c1ccccn1. The number of hydrogen-bond acceptors (Lipinski definition) is 4. The number of benzene rings is 2. The van der Waals surface area contributed by atoms with Crippen molar-refractivity contribution in [3.63, 3.8) is 0 Å². The number of amides is 1. The first-order valence-corrected chi connectivity index (χ1v) is 8.78. The molecule has 1 amide bonds. The quantitative estimate of drug-likeness (QED) is 0.538. The van der Waals surface area contributed by atoms with Crippen LogP contribution >= 0.6 is 22.9 Å². The number of pyridine rings is 1. The van der Waals surface area contributed by atoms with Crippen molar-refractivity contribution in [2.24, 2.45) is 0 Å². The molecular formula is C19H12ClN3OS. The summed E-state index contributed by atoms with van der Waals surface area (Å²) in [6.45, 7) is 0. The average molecular weight is 366 g/mol. The second kappa shape index (κ2) is 6.63. The van der Waals surface area contributed by atoms with E-state index in [4.69, 9.17) is 11.6 Å². The van der Waals surface area contributed by atoms with E-state index >= 15 is 0 Å². The lowest BCUT2D eigenvalue weighted by molar-refractivity contribution is 0.102. The molecule has 2 aromatic carbocycles.